The highest BCUT2D eigenvalue weighted by Crippen LogP contribution is 2.31. The van der Waals surface area contributed by atoms with Crippen LogP contribution in [0.3, 0.4) is 0 Å². The molecule has 23 heavy (non-hydrogen) atoms. The summed E-state index contributed by atoms with van der Waals surface area (Å²) in [7, 11) is 0. The van der Waals surface area contributed by atoms with Crippen LogP contribution in [0.2, 0.25) is 0 Å². The number of nitro groups is 1. The van der Waals surface area contributed by atoms with E-state index in [4.69, 9.17) is 9.47 Å². The lowest BCUT2D eigenvalue weighted by atomic mass is 9.99. The molecule has 1 aliphatic rings. The second kappa shape index (κ2) is 7.09. The Morgan fingerprint density at radius 1 is 1.30 bits per heavy atom. The smallest absolute Gasteiger partial charge is 0.296 e. The second-order valence-electron chi connectivity index (χ2n) is 5.25. The molecular formula is C14H20N2O7. The molecule has 1 aromatic rings. The maximum absolute atomic E-state index is 11.2. The number of nitro benzene ring substituents is 1. The molecule has 1 fully saturated rings. The number of ether oxygens (including phenoxy) is 2. The first-order chi connectivity index (χ1) is 10.8. The van der Waals surface area contributed by atoms with Crippen molar-refractivity contribution in [2.75, 3.05) is 11.9 Å². The number of rotatable bonds is 5. The molecule has 5 atom stereocenters. The summed E-state index contributed by atoms with van der Waals surface area (Å²) in [5.41, 5.74) is -0.140. The summed E-state index contributed by atoms with van der Waals surface area (Å²) in [5, 5.41) is 43.3. The molecule has 0 unspecified atom stereocenters. The summed E-state index contributed by atoms with van der Waals surface area (Å²) in [6, 6.07) is 4.24. The van der Waals surface area contributed by atoms with Gasteiger partial charge in [-0.25, -0.2) is 0 Å². The summed E-state index contributed by atoms with van der Waals surface area (Å²) in [6.45, 7) is 3.66. The van der Waals surface area contributed by atoms with Crippen molar-refractivity contribution in [1.82, 2.24) is 0 Å². The van der Waals surface area contributed by atoms with Crippen LogP contribution in [0.1, 0.15) is 13.8 Å². The first kappa shape index (κ1) is 17.4. The zero-order chi connectivity index (χ0) is 17.1. The lowest BCUT2D eigenvalue weighted by Crippen LogP contribution is -2.58. The van der Waals surface area contributed by atoms with Gasteiger partial charge < -0.3 is 30.1 Å². The molecule has 1 aromatic carbocycles. The van der Waals surface area contributed by atoms with Crippen molar-refractivity contribution in [3.05, 3.63) is 28.3 Å². The summed E-state index contributed by atoms with van der Waals surface area (Å²) in [4.78, 5) is 10.6. The molecule has 1 heterocycles. The van der Waals surface area contributed by atoms with Crippen LogP contribution in [0, 0.1) is 10.1 Å². The fourth-order valence-corrected chi connectivity index (χ4v) is 2.36. The van der Waals surface area contributed by atoms with Gasteiger partial charge >= 0.3 is 0 Å². The third-order valence-corrected chi connectivity index (χ3v) is 3.63. The van der Waals surface area contributed by atoms with Gasteiger partial charge in [0.05, 0.1) is 23.7 Å². The molecule has 128 valence electrons. The van der Waals surface area contributed by atoms with Crippen molar-refractivity contribution in [2.45, 2.75) is 44.5 Å². The fraction of sp³-hybridized carbons (Fsp3) is 0.571. The minimum Gasteiger partial charge on any atom is -0.494 e. The van der Waals surface area contributed by atoms with Gasteiger partial charge in [-0.1, -0.05) is 0 Å². The Balaban J connectivity index is 2.23. The Labute approximate surface area is 132 Å². The first-order valence-corrected chi connectivity index (χ1v) is 7.22. The Bertz CT molecular complexity index is 568. The van der Waals surface area contributed by atoms with E-state index in [2.05, 4.69) is 5.32 Å². The molecule has 0 aliphatic carbocycles. The quantitative estimate of drug-likeness (QED) is 0.446. The average molecular weight is 328 g/mol. The Hall–Kier alpha value is -1.94. The highest BCUT2D eigenvalue weighted by Gasteiger charge is 2.42. The van der Waals surface area contributed by atoms with Gasteiger partial charge in [-0.15, -0.1) is 0 Å². The molecule has 0 spiro atoms. The molecule has 9 heteroatoms. The van der Waals surface area contributed by atoms with Gasteiger partial charge in [-0.2, -0.15) is 0 Å². The van der Waals surface area contributed by atoms with E-state index in [1.165, 1.54) is 19.1 Å². The van der Waals surface area contributed by atoms with Gasteiger partial charge in [0.25, 0.3) is 5.69 Å². The molecule has 0 radical (unpaired) electrons. The fourth-order valence-electron chi connectivity index (χ4n) is 2.36. The van der Waals surface area contributed by atoms with E-state index in [-0.39, 0.29) is 11.4 Å². The van der Waals surface area contributed by atoms with Crippen molar-refractivity contribution >= 4 is 11.4 Å². The second-order valence-corrected chi connectivity index (χ2v) is 5.25. The molecule has 0 saturated carbocycles. The van der Waals surface area contributed by atoms with Crippen LogP contribution in [0.4, 0.5) is 11.4 Å². The highest BCUT2D eigenvalue weighted by molar-refractivity contribution is 5.64. The number of benzene rings is 1. The van der Waals surface area contributed by atoms with Crippen LogP contribution in [0.25, 0.3) is 0 Å². The predicted octanol–water partition coefficient (Wildman–Crippen LogP) is 0.233. The van der Waals surface area contributed by atoms with Crippen LogP contribution in [-0.4, -0.2) is 57.5 Å². The molecule has 4 N–H and O–H groups in total. The van der Waals surface area contributed by atoms with E-state index < -0.39 is 35.6 Å². The normalized spacial score (nSPS) is 30.7. The highest BCUT2D eigenvalue weighted by atomic mass is 16.6. The Morgan fingerprint density at radius 3 is 2.61 bits per heavy atom. The zero-order valence-corrected chi connectivity index (χ0v) is 12.7. The number of nitrogens with one attached hydrogen (secondary N) is 1. The third-order valence-electron chi connectivity index (χ3n) is 3.63. The molecule has 0 aromatic heterocycles. The van der Waals surface area contributed by atoms with Crippen molar-refractivity contribution in [3.8, 4) is 5.75 Å². The lowest BCUT2D eigenvalue weighted by molar-refractivity contribution is -0.384. The minimum absolute atomic E-state index is 0.110. The Morgan fingerprint density at radius 2 is 2.00 bits per heavy atom. The van der Waals surface area contributed by atoms with Crippen molar-refractivity contribution in [2.24, 2.45) is 0 Å². The summed E-state index contributed by atoms with van der Waals surface area (Å²) in [5.74, 6) is 0.346. The number of hydrogen-bond donors (Lipinski definition) is 4. The summed E-state index contributed by atoms with van der Waals surface area (Å²) in [6.07, 6.45) is -5.93. The number of nitrogens with zero attached hydrogens (tertiary/aromatic N) is 1. The van der Waals surface area contributed by atoms with E-state index in [0.717, 1.165) is 0 Å². The van der Waals surface area contributed by atoms with Gasteiger partial charge in [0.1, 0.15) is 29.7 Å². The summed E-state index contributed by atoms with van der Waals surface area (Å²) >= 11 is 0. The topological polar surface area (TPSA) is 134 Å². The number of aliphatic hydroxyl groups excluding tert-OH is 3. The molecule has 9 nitrogen and oxygen atoms in total. The lowest BCUT2D eigenvalue weighted by Gasteiger charge is -2.39. The van der Waals surface area contributed by atoms with E-state index in [1.54, 1.807) is 13.0 Å². The van der Waals surface area contributed by atoms with Crippen LogP contribution < -0.4 is 10.1 Å². The summed E-state index contributed by atoms with van der Waals surface area (Å²) < 4.78 is 10.6. The van der Waals surface area contributed by atoms with Crippen molar-refractivity contribution < 1.29 is 29.7 Å². The predicted molar refractivity (Wildman–Crippen MR) is 80.2 cm³/mol. The van der Waals surface area contributed by atoms with Crippen LogP contribution in [-0.2, 0) is 4.74 Å². The number of hydrogen-bond acceptors (Lipinski definition) is 8. The average Bonchev–Trinajstić information content (AvgIpc) is 2.52. The third kappa shape index (κ3) is 3.70. The monoisotopic (exact) mass is 328 g/mol. The molecule has 1 saturated heterocycles. The maximum atomic E-state index is 11.2. The van der Waals surface area contributed by atoms with E-state index in [1.807, 2.05) is 0 Å². The molecule has 2 rings (SSSR count). The van der Waals surface area contributed by atoms with E-state index >= 15 is 0 Å². The molecule has 0 amide bonds. The van der Waals surface area contributed by atoms with Gasteiger partial charge in [0.15, 0.2) is 6.23 Å². The molecule has 1 aliphatic heterocycles. The van der Waals surface area contributed by atoms with Crippen molar-refractivity contribution in [1.29, 1.82) is 0 Å². The SMILES string of the molecule is CCOc1ccc(N[C@H]2O[C@@H](C)[C@@H](O)[C@@H](O)[C@H]2O)c([N+](=O)[O-])c1. The molecule has 0 bridgehead atoms. The van der Waals surface area contributed by atoms with Crippen LogP contribution in [0.5, 0.6) is 5.75 Å². The van der Waals surface area contributed by atoms with Gasteiger partial charge in [-0.3, -0.25) is 10.1 Å². The van der Waals surface area contributed by atoms with Gasteiger partial charge in [-0.05, 0) is 26.0 Å². The van der Waals surface area contributed by atoms with Crippen LogP contribution >= 0.6 is 0 Å². The van der Waals surface area contributed by atoms with Crippen molar-refractivity contribution in [3.63, 3.8) is 0 Å². The van der Waals surface area contributed by atoms with E-state index in [0.29, 0.717) is 12.4 Å². The van der Waals surface area contributed by atoms with Crippen LogP contribution in [0.15, 0.2) is 18.2 Å². The Kier molecular flexibility index (Phi) is 5.37. The largest absolute Gasteiger partial charge is 0.494 e. The van der Waals surface area contributed by atoms with Gasteiger partial charge in [0.2, 0.25) is 0 Å². The first-order valence-electron chi connectivity index (χ1n) is 7.22. The number of aliphatic hydroxyl groups is 3. The number of anilines is 1. The zero-order valence-electron chi connectivity index (χ0n) is 12.7. The van der Waals surface area contributed by atoms with E-state index in [9.17, 15) is 25.4 Å². The molecular weight excluding hydrogens is 308 g/mol. The maximum Gasteiger partial charge on any atom is 0.296 e. The minimum atomic E-state index is -1.44. The van der Waals surface area contributed by atoms with Gasteiger partial charge in [0, 0.05) is 0 Å². The standard InChI is InChI=1S/C14H20N2O7/c1-3-22-8-4-5-9(10(6-8)16(20)21)15-14-13(19)12(18)11(17)7(2)23-14/h4-7,11-15,17-19H,3H2,1-2H3/t7-,11+,12+,13+,14-/m0/s1.